The molecule has 5 heteroatoms. The zero-order valence-corrected chi connectivity index (χ0v) is 18.0. The van der Waals surface area contributed by atoms with Crippen molar-refractivity contribution in [1.29, 1.82) is 0 Å². The molecule has 30 heavy (non-hydrogen) atoms. The maximum Gasteiger partial charge on any atom is 0.203 e. The fraction of sp³-hybridized carbons (Fsp3) is 0.280. The van der Waals surface area contributed by atoms with Crippen LogP contribution in [0.4, 0.5) is 0 Å². The van der Waals surface area contributed by atoms with Crippen molar-refractivity contribution in [2.75, 3.05) is 7.11 Å². The van der Waals surface area contributed by atoms with Crippen LogP contribution < -0.4 is 9.47 Å². The van der Waals surface area contributed by atoms with Crippen molar-refractivity contribution in [3.05, 3.63) is 83.2 Å². The minimum absolute atomic E-state index is 0.0757. The lowest BCUT2D eigenvalue weighted by molar-refractivity contribution is 0.103. The number of nitrogens with zero attached hydrogens (tertiary/aromatic N) is 2. The van der Waals surface area contributed by atoms with E-state index in [2.05, 4.69) is 31.1 Å². The number of aryl methyl sites for hydroxylation is 1. The van der Waals surface area contributed by atoms with Gasteiger partial charge in [-0.1, -0.05) is 38.1 Å². The summed E-state index contributed by atoms with van der Waals surface area (Å²) in [6.45, 7) is 7.33. The smallest absolute Gasteiger partial charge is 0.203 e. The molecule has 0 saturated heterocycles. The van der Waals surface area contributed by atoms with Gasteiger partial charge in [0, 0.05) is 18.3 Å². The van der Waals surface area contributed by atoms with E-state index in [1.54, 1.807) is 36.2 Å². The summed E-state index contributed by atoms with van der Waals surface area (Å²) in [6.07, 6.45) is 5.01. The molecule has 0 aliphatic carbocycles. The molecule has 0 amide bonds. The fourth-order valence-electron chi connectivity index (χ4n) is 3.18. The highest BCUT2D eigenvalue weighted by molar-refractivity contribution is 6.05. The molecule has 1 heterocycles. The van der Waals surface area contributed by atoms with E-state index in [0.717, 1.165) is 22.6 Å². The van der Waals surface area contributed by atoms with Crippen LogP contribution in [0.25, 0.3) is 6.08 Å². The highest BCUT2D eigenvalue weighted by atomic mass is 16.5. The molecule has 0 radical (unpaired) electrons. The molecular weight excluding hydrogens is 376 g/mol. The topological polar surface area (TPSA) is 53.4 Å². The van der Waals surface area contributed by atoms with Crippen LogP contribution in [-0.4, -0.2) is 22.7 Å². The second-order valence-electron chi connectivity index (χ2n) is 7.31. The van der Waals surface area contributed by atoms with Crippen LogP contribution in [-0.2, 0) is 13.2 Å². The summed E-state index contributed by atoms with van der Waals surface area (Å²) < 4.78 is 13.1. The first-order chi connectivity index (χ1) is 14.5. The van der Waals surface area contributed by atoms with Gasteiger partial charge in [-0.05, 0) is 60.4 Å². The van der Waals surface area contributed by atoms with E-state index in [4.69, 9.17) is 9.47 Å². The molecule has 3 aromatic rings. The highest BCUT2D eigenvalue weighted by Gasteiger charge is 2.09. The second-order valence-corrected chi connectivity index (χ2v) is 7.31. The summed E-state index contributed by atoms with van der Waals surface area (Å²) >= 11 is 0. The molecule has 5 nitrogen and oxygen atoms in total. The molecule has 0 N–H and O–H groups in total. The third-order valence-electron chi connectivity index (χ3n) is 4.94. The Morgan fingerprint density at radius 3 is 2.57 bits per heavy atom. The SMILES string of the molecule is CCn1nccc1C(=O)/C=C/c1ccc(OC)c(COc2ccc(C(C)C)cc2)c1. The van der Waals surface area contributed by atoms with Gasteiger partial charge in [0.25, 0.3) is 0 Å². The molecule has 0 saturated carbocycles. The maximum atomic E-state index is 12.5. The number of methoxy groups -OCH3 is 1. The summed E-state index contributed by atoms with van der Waals surface area (Å²) in [5, 5.41) is 4.14. The van der Waals surface area contributed by atoms with Crippen molar-refractivity contribution in [2.45, 2.75) is 39.8 Å². The van der Waals surface area contributed by atoms with Gasteiger partial charge >= 0.3 is 0 Å². The number of aromatic nitrogens is 2. The Balaban J connectivity index is 1.72. The monoisotopic (exact) mass is 404 g/mol. The number of ether oxygens (including phenoxy) is 2. The molecule has 0 spiro atoms. The molecular formula is C25H28N2O3. The minimum Gasteiger partial charge on any atom is -0.496 e. The van der Waals surface area contributed by atoms with Crippen molar-refractivity contribution in [1.82, 2.24) is 9.78 Å². The number of hydrogen-bond donors (Lipinski definition) is 0. The van der Waals surface area contributed by atoms with Crippen LogP contribution in [0.1, 0.15) is 53.9 Å². The summed E-state index contributed by atoms with van der Waals surface area (Å²) in [5.74, 6) is 1.97. The number of ketones is 1. The molecule has 0 bridgehead atoms. The van der Waals surface area contributed by atoms with E-state index in [1.807, 2.05) is 37.3 Å². The molecule has 0 atom stereocenters. The molecule has 1 aromatic heterocycles. The molecule has 2 aromatic carbocycles. The lowest BCUT2D eigenvalue weighted by Crippen LogP contribution is -2.07. The number of rotatable bonds is 9. The summed E-state index contributed by atoms with van der Waals surface area (Å²) in [6, 6.07) is 15.7. The molecule has 156 valence electrons. The zero-order chi connectivity index (χ0) is 21.5. The molecule has 0 aliphatic rings. The number of hydrogen-bond acceptors (Lipinski definition) is 4. The zero-order valence-electron chi connectivity index (χ0n) is 18.0. The Kier molecular flexibility index (Phi) is 7.07. The van der Waals surface area contributed by atoms with Crippen LogP contribution in [0.5, 0.6) is 11.5 Å². The highest BCUT2D eigenvalue weighted by Crippen LogP contribution is 2.24. The second kappa shape index (κ2) is 9.92. The standard InChI is InChI=1S/C25H28N2O3/c1-5-27-23(14-15-26-27)24(28)12-6-19-7-13-25(29-4)21(16-19)17-30-22-10-8-20(9-11-22)18(2)3/h6-16,18H,5,17H2,1-4H3/b12-6+. The number of carbonyl (C=O) groups excluding carboxylic acids is 1. The van der Waals surface area contributed by atoms with Crippen LogP contribution in [0.3, 0.4) is 0 Å². The van der Waals surface area contributed by atoms with Crippen molar-refractivity contribution in [3.63, 3.8) is 0 Å². The summed E-state index contributed by atoms with van der Waals surface area (Å²) in [7, 11) is 1.64. The Bertz CT molecular complexity index is 1020. The first-order valence-corrected chi connectivity index (χ1v) is 10.2. The largest absolute Gasteiger partial charge is 0.496 e. The van der Waals surface area contributed by atoms with Crippen LogP contribution >= 0.6 is 0 Å². The molecule has 0 aliphatic heterocycles. The van der Waals surface area contributed by atoms with Gasteiger partial charge in [0.2, 0.25) is 5.78 Å². The van der Waals surface area contributed by atoms with Crippen LogP contribution in [0, 0.1) is 0 Å². The van der Waals surface area contributed by atoms with Gasteiger partial charge in [0.1, 0.15) is 23.8 Å². The normalized spacial score (nSPS) is 11.2. The van der Waals surface area contributed by atoms with Gasteiger partial charge in [-0.2, -0.15) is 5.10 Å². The average molecular weight is 405 g/mol. The molecule has 0 unspecified atom stereocenters. The van der Waals surface area contributed by atoms with E-state index < -0.39 is 0 Å². The van der Waals surface area contributed by atoms with Gasteiger partial charge < -0.3 is 9.47 Å². The van der Waals surface area contributed by atoms with E-state index >= 15 is 0 Å². The lowest BCUT2D eigenvalue weighted by atomic mass is 10.0. The number of allylic oxidation sites excluding steroid dienone is 1. The average Bonchev–Trinajstić information content (AvgIpc) is 3.25. The number of benzene rings is 2. The van der Waals surface area contributed by atoms with Crippen LogP contribution in [0.2, 0.25) is 0 Å². The third-order valence-corrected chi connectivity index (χ3v) is 4.94. The van der Waals surface area contributed by atoms with E-state index in [0.29, 0.717) is 24.8 Å². The minimum atomic E-state index is -0.0757. The Hall–Kier alpha value is -3.34. The van der Waals surface area contributed by atoms with E-state index in [9.17, 15) is 4.79 Å². The molecule has 0 fully saturated rings. The number of carbonyl (C=O) groups is 1. The Morgan fingerprint density at radius 1 is 1.13 bits per heavy atom. The lowest BCUT2D eigenvalue weighted by Gasteiger charge is -2.12. The van der Waals surface area contributed by atoms with Gasteiger partial charge in [0.15, 0.2) is 0 Å². The summed E-state index contributed by atoms with van der Waals surface area (Å²) in [5.41, 5.74) is 3.68. The van der Waals surface area contributed by atoms with Gasteiger partial charge in [-0.25, -0.2) is 0 Å². The predicted molar refractivity (Wildman–Crippen MR) is 119 cm³/mol. The first-order valence-electron chi connectivity index (χ1n) is 10.2. The van der Waals surface area contributed by atoms with E-state index in [1.165, 1.54) is 5.56 Å². The van der Waals surface area contributed by atoms with Gasteiger partial charge in [-0.3, -0.25) is 9.48 Å². The fourth-order valence-corrected chi connectivity index (χ4v) is 3.18. The quantitative estimate of drug-likeness (QED) is 0.349. The van der Waals surface area contributed by atoms with Crippen molar-refractivity contribution < 1.29 is 14.3 Å². The van der Waals surface area contributed by atoms with Crippen molar-refractivity contribution in [2.24, 2.45) is 0 Å². The first kappa shape index (κ1) is 21.4. The van der Waals surface area contributed by atoms with Crippen molar-refractivity contribution >= 4 is 11.9 Å². The third kappa shape index (κ3) is 5.17. The van der Waals surface area contributed by atoms with Gasteiger partial charge in [0.05, 0.1) is 7.11 Å². The Labute approximate surface area is 178 Å². The van der Waals surface area contributed by atoms with E-state index in [-0.39, 0.29) is 5.78 Å². The van der Waals surface area contributed by atoms with Gasteiger partial charge in [-0.15, -0.1) is 0 Å². The van der Waals surface area contributed by atoms with Crippen LogP contribution in [0.15, 0.2) is 60.8 Å². The summed E-state index contributed by atoms with van der Waals surface area (Å²) in [4.78, 5) is 12.5. The maximum absolute atomic E-state index is 12.5. The predicted octanol–water partition coefficient (Wildman–Crippen LogP) is 5.51. The van der Waals surface area contributed by atoms with Crippen molar-refractivity contribution in [3.8, 4) is 11.5 Å². The molecule has 3 rings (SSSR count). The Morgan fingerprint density at radius 2 is 1.90 bits per heavy atom.